The summed E-state index contributed by atoms with van der Waals surface area (Å²) in [7, 11) is 5.71. The first-order valence-electron chi connectivity index (χ1n) is 8.32. The third kappa shape index (κ3) is 6.94. The molecule has 1 aromatic carbocycles. The van der Waals surface area contributed by atoms with Crippen LogP contribution in [0, 0.1) is 5.82 Å². The molecule has 1 aliphatic rings. The lowest BCUT2D eigenvalue weighted by molar-refractivity contribution is 0.375. The van der Waals surface area contributed by atoms with Crippen molar-refractivity contribution < 1.29 is 4.39 Å². The Balaban J connectivity index is 0.00000312. The standard InChI is InChI=1S/C18H29FN4S.HI/c1-18(2)13-23(8-9-24-18)17(20-3)21-11-14-6-7-16(19)15(10-14)12-22(4)5;/h6-7,10H,8-9,11-13H2,1-5H3,(H,20,21);1H. The summed E-state index contributed by atoms with van der Waals surface area (Å²) < 4.78 is 14.1. The Hall–Kier alpha value is -0.540. The number of hydrogen-bond donors (Lipinski definition) is 1. The number of guanidine groups is 1. The molecule has 1 heterocycles. The minimum atomic E-state index is -0.147. The molecule has 1 saturated heterocycles. The molecule has 0 unspecified atom stereocenters. The van der Waals surface area contributed by atoms with Gasteiger partial charge in [0, 0.05) is 49.3 Å². The van der Waals surface area contributed by atoms with Crippen LogP contribution in [0.25, 0.3) is 0 Å². The summed E-state index contributed by atoms with van der Waals surface area (Å²) in [5.41, 5.74) is 1.80. The van der Waals surface area contributed by atoms with Crippen LogP contribution in [-0.2, 0) is 13.1 Å². The van der Waals surface area contributed by atoms with Crippen LogP contribution in [0.5, 0.6) is 0 Å². The van der Waals surface area contributed by atoms with Crippen LogP contribution in [0.2, 0.25) is 0 Å². The van der Waals surface area contributed by atoms with Gasteiger partial charge < -0.3 is 15.1 Å². The van der Waals surface area contributed by atoms with E-state index < -0.39 is 0 Å². The molecule has 1 aliphatic heterocycles. The van der Waals surface area contributed by atoms with Gasteiger partial charge in [-0.15, -0.1) is 24.0 Å². The summed E-state index contributed by atoms with van der Waals surface area (Å²) in [4.78, 5) is 8.70. The van der Waals surface area contributed by atoms with Gasteiger partial charge in [0.25, 0.3) is 0 Å². The Morgan fingerprint density at radius 2 is 2.12 bits per heavy atom. The maximum Gasteiger partial charge on any atom is 0.193 e. The van der Waals surface area contributed by atoms with Crippen molar-refractivity contribution in [2.45, 2.75) is 31.7 Å². The Labute approximate surface area is 172 Å². The molecule has 25 heavy (non-hydrogen) atoms. The van der Waals surface area contributed by atoms with Gasteiger partial charge in [-0.25, -0.2) is 4.39 Å². The maximum atomic E-state index is 13.9. The first-order chi connectivity index (χ1) is 11.3. The number of aliphatic imine (C=N–C) groups is 1. The van der Waals surface area contributed by atoms with E-state index in [-0.39, 0.29) is 34.5 Å². The van der Waals surface area contributed by atoms with E-state index in [1.807, 2.05) is 49.9 Å². The number of thioether (sulfide) groups is 1. The molecule has 7 heteroatoms. The lowest BCUT2D eigenvalue weighted by Crippen LogP contribution is -2.50. The van der Waals surface area contributed by atoms with E-state index >= 15 is 0 Å². The Kier molecular flexibility index (Phi) is 8.97. The van der Waals surface area contributed by atoms with Crippen LogP contribution in [0.3, 0.4) is 0 Å². The average Bonchev–Trinajstić information content (AvgIpc) is 2.49. The molecular weight excluding hydrogens is 450 g/mol. The molecule has 142 valence electrons. The topological polar surface area (TPSA) is 30.9 Å². The van der Waals surface area contributed by atoms with E-state index in [0.29, 0.717) is 13.1 Å². The van der Waals surface area contributed by atoms with Gasteiger partial charge in [-0.05, 0) is 45.6 Å². The highest BCUT2D eigenvalue weighted by Gasteiger charge is 2.28. The van der Waals surface area contributed by atoms with Crippen molar-refractivity contribution in [3.8, 4) is 0 Å². The predicted molar refractivity (Wildman–Crippen MR) is 118 cm³/mol. The van der Waals surface area contributed by atoms with Gasteiger partial charge in [-0.1, -0.05) is 6.07 Å². The molecule has 0 saturated carbocycles. The fourth-order valence-electron chi connectivity index (χ4n) is 2.91. The smallest absolute Gasteiger partial charge is 0.193 e. The fourth-order valence-corrected chi connectivity index (χ4v) is 4.02. The molecule has 0 aliphatic carbocycles. The number of hydrogen-bond acceptors (Lipinski definition) is 3. The van der Waals surface area contributed by atoms with Gasteiger partial charge in [0.15, 0.2) is 5.96 Å². The van der Waals surface area contributed by atoms with Crippen molar-refractivity contribution in [1.82, 2.24) is 15.1 Å². The summed E-state index contributed by atoms with van der Waals surface area (Å²) in [5, 5.41) is 3.42. The third-order valence-corrected chi connectivity index (χ3v) is 5.28. The van der Waals surface area contributed by atoms with E-state index in [0.717, 1.165) is 35.9 Å². The maximum absolute atomic E-state index is 13.9. The van der Waals surface area contributed by atoms with Crippen LogP contribution < -0.4 is 5.32 Å². The van der Waals surface area contributed by atoms with E-state index in [9.17, 15) is 4.39 Å². The first-order valence-corrected chi connectivity index (χ1v) is 9.31. The Morgan fingerprint density at radius 3 is 2.72 bits per heavy atom. The predicted octanol–water partition coefficient (Wildman–Crippen LogP) is 3.41. The minimum Gasteiger partial charge on any atom is -0.352 e. The summed E-state index contributed by atoms with van der Waals surface area (Å²) in [5.74, 6) is 1.88. The van der Waals surface area contributed by atoms with E-state index in [2.05, 4.69) is 29.1 Å². The van der Waals surface area contributed by atoms with Crippen molar-refractivity contribution >= 4 is 41.7 Å². The molecule has 1 aromatic rings. The summed E-state index contributed by atoms with van der Waals surface area (Å²) >= 11 is 2.00. The van der Waals surface area contributed by atoms with Crippen LogP contribution in [-0.4, -0.2) is 60.5 Å². The van der Waals surface area contributed by atoms with Gasteiger partial charge in [-0.3, -0.25) is 4.99 Å². The van der Waals surface area contributed by atoms with Crippen LogP contribution >= 0.6 is 35.7 Å². The van der Waals surface area contributed by atoms with Crippen LogP contribution in [0.15, 0.2) is 23.2 Å². The zero-order valence-electron chi connectivity index (χ0n) is 15.8. The molecule has 0 atom stereocenters. The summed E-state index contributed by atoms with van der Waals surface area (Å²) in [6.07, 6.45) is 0. The van der Waals surface area contributed by atoms with Crippen molar-refractivity contribution in [2.24, 2.45) is 4.99 Å². The van der Waals surface area contributed by atoms with Gasteiger partial charge in [0.05, 0.1) is 0 Å². The average molecular weight is 480 g/mol. The lowest BCUT2D eigenvalue weighted by atomic mass is 10.1. The largest absolute Gasteiger partial charge is 0.352 e. The summed E-state index contributed by atoms with van der Waals surface area (Å²) in [6, 6.07) is 5.33. The van der Waals surface area contributed by atoms with Gasteiger partial charge >= 0.3 is 0 Å². The van der Waals surface area contributed by atoms with E-state index in [1.54, 1.807) is 6.07 Å². The second-order valence-corrected chi connectivity index (χ2v) is 8.90. The van der Waals surface area contributed by atoms with Crippen molar-refractivity contribution in [1.29, 1.82) is 0 Å². The van der Waals surface area contributed by atoms with E-state index in [1.165, 1.54) is 0 Å². The molecule has 0 amide bonds. The summed E-state index contributed by atoms with van der Waals surface area (Å²) in [6.45, 7) is 7.77. The fraction of sp³-hybridized carbons (Fsp3) is 0.611. The van der Waals surface area contributed by atoms with Gasteiger partial charge in [0.2, 0.25) is 0 Å². The SMILES string of the molecule is CN=C(NCc1ccc(F)c(CN(C)C)c1)N1CCSC(C)(C)C1.I. The Morgan fingerprint density at radius 1 is 1.40 bits per heavy atom. The second kappa shape index (κ2) is 9.97. The molecule has 0 radical (unpaired) electrons. The quantitative estimate of drug-likeness (QED) is 0.407. The number of benzene rings is 1. The molecule has 1 fully saturated rings. The monoisotopic (exact) mass is 480 g/mol. The van der Waals surface area contributed by atoms with Crippen molar-refractivity contribution in [2.75, 3.05) is 40.0 Å². The Bertz CT molecular complexity index is 592. The highest BCUT2D eigenvalue weighted by Crippen LogP contribution is 2.29. The molecule has 2 rings (SSSR count). The van der Waals surface area contributed by atoms with E-state index in [4.69, 9.17) is 0 Å². The molecule has 1 N–H and O–H groups in total. The number of nitrogens with zero attached hydrogens (tertiary/aromatic N) is 3. The number of rotatable bonds is 4. The molecule has 4 nitrogen and oxygen atoms in total. The van der Waals surface area contributed by atoms with Crippen LogP contribution in [0.4, 0.5) is 4.39 Å². The highest BCUT2D eigenvalue weighted by atomic mass is 127. The van der Waals surface area contributed by atoms with Crippen molar-refractivity contribution in [3.05, 3.63) is 35.1 Å². The molecule has 0 aromatic heterocycles. The first kappa shape index (κ1) is 22.5. The second-order valence-electron chi connectivity index (χ2n) is 7.09. The number of nitrogens with one attached hydrogen (secondary N) is 1. The normalized spacial score (nSPS) is 17.4. The highest BCUT2D eigenvalue weighted by molar-refractivity contribution is 14.0. The molecule has 0 spiro atoms. The van der Waals surface area contributed by atoms with Gasteiger partial charge in [-0.2, -0.15) is 11.8 Å². The minimum absolute atomic E-state index is 0. The zero-order chi connectivity index (χ0) is 17.7. The van der Waals surface area contributed by atoms with Gasteiger partial charge in [0.1, 0.15) is 5.82 Å². The zero-order valence-corrected chi connectivity index (χ0v) is 19.0. The molecule has 0 bridgehead atoms. The van der Waals surface area contributed by atoms with Crippen LogP contribution in [0.1, 0.15) is 25.0 Å². The number of halogens is 2. The molecular formula is C18H30FIN4S. The lowest BCUT2D eigenvalue weighted by Gasteiger charge is -2.39. The van der Waals surface area contributed by atoms with Crippen molar-refractivity contribution in [3.63, 3.8) is 0 Å². The third-order valence-electron chi connectivity index (χ3n) is 3.98.